The number of fused-ring (bicyclic) bond motifs is 7. The average Bonchev–Trinajstić information content (AvgIpc) is 3.85. The van der Waals surface area contributed by atoms with Gasteiger partial charge in [0.15, 0.2) is 23.1 Å². The van der Waals surface area contributed by atoms with Crippen molar-refractivity contribution in [2.75, 3.05) is 18.0 Å². The van der Waals surface area contributed by atoms with E-state index >= 15 is 0 Å². The Morgan fingerprint density at radius 2 is 1.11 bits per heavy atom. The van der Waals surface area contributed by atoms with Crippen LogP contribution in [0.15, 0.2) is 144 Å². The predicted molar refractivity (Wildman–Crippen MR) is 190 cm³/mol. The van der Waals surface area contributed by atoms with E-state index in [0.717, 1.165) is 73.8 Å². The van der Waals surface area contributed by atoms with E-state index in [2.05, 4.69) is 107 Å². The highest BCUT2D eigenvalue weighted by Crippen LogP contribution is 2.40. The molecule has 222 valence electrons. The fourth-order valence-corrected chi connectivity index (χ4v) is 6.76. The van der Waals surface area contributed by atoms with E-state index in [1.165, 1.54) is 11.1 Å². The van der Waals surface area contributed by atoms with Crippen molar-refractivity contribution < 1.29 is 4.42 Å². The molecule has 0 spiro atoms. The van der Waals surface area contributed by atoms with Gasteiger partial charge in [0.05, 0.1) is 11.0 Å². The molecule has 0 radical (unpaired) electrons. The molecule has 6 heteroatoms. The first kappa shape index (κ1) is 26.0. The van der Waals surface area contributed by atoms with Crippen LogP contribution in [0.1, 0.15) is 0 Å². The number of rotatable bonds is 5. The smallest absolute Gasteiger partial charge is 0.164 e. The maximum atomic E-state index is 6.54. The summed E-state index contributed by atoms with van der Waals surface area (Å²) in [5, 5.41) is 4.59. The van der Waals surface area contributed by atoms with Crippen molar-refractivity contribution in [1.29, 1.82) is 0 Å². The average molecular weight is 606 g/mol. The van der Waals surface area contributed by atoms with E-state index < -0.39 is 0 Å². The first-order chi connectivity index (χ1) is 23.3. The molecule has 1 fully saturated rings. The Balaban J connectivity index is 1.14. The molecule has 0 N–H and O–H groups in total. The number of hydrogen-bond donors (Lipinski definition) is 0. The van der Waals surface area contributed by atoms with Gasteiger partial charge in [-0.05, 0) is 54.6 Å². The quantitative estimate of drug-likeness (QED) is 0.183. The summed E-state index contributed by atoms with van der Waals surface area (Å²) in [4.78, 5) is 17.3. The lowest BCUT2D eigenvalue weighted by molar-refractivity contribution is 0.671. The fourth-order valence-electron chi connectivity index (χ4n) is 6.76. The van der Waals surface area contributed by atoms with Crippen LogP contribution in [0.5, 0.6) is 0 Å². The summed E-state index contributed by atoms with van der Waals surface area (Å²) in [6, 6.07) is 48.3. The van der Waals surface area contributed by atoms with Crippen molar-refractivity contribution in [3.05, 3.63) is 140 Å². The molecule has 4 heterocycles. The van der Waals surface area contributed by atoms with Crippen LogP contribution in [0.2, 0.25) is 0 Å². The second-order valence-corrected chi connectivity index (χ2v) is 12.0. The molecule has 10 rings (SSSR count). The van der Waals surface area contributed by atoms with E-state index in [9.17, 15) is 0 Å². The fraction of sp³-hybridized carbons (Fsp3) is 0.0488. The molecule has 9 aromatic rings. The van der Waals surface area contributed by atoms with Gasteiger partial charge >= 0.3 is 0 Å². The van der Waals surface area contributed by atoms with Gasteiger partial charge in [-0.3, -0.25) is 0 Å². The van der Waals surface area contributed by atoms with Crippen LogP contribution >= 0.6 is 0 Å². The molecule has 0 saturated carbocycles. The first-order valence-corrected chi connectivity index (χ1v) is 15.9. The monoisotopic (exact) mass is 605 g/mol. The van der Waals surface area contributed by atoms with Crippen LogP contribution in [0, 0.1) is 0 Å². The molecule has 0 unspecified atom stereocenters. The molecule has 0 aliphatic carbocycles. The van der Waals surface area contributed by atoms with E-state index in [0.29, 0.717) is 17.5 Å². The van der Waals surface area contributed by atoms with Crippen LogP contribution < -0.4 is 4.90 Å². The SMILES string of the molecule is c1ccc(-c2nc(-c3ccc(-n4c5ccccc5c5ccc6c7ccccc7oc6c54)cc3)nc(-c3cccc(N4CC4)c3)n2)cc1. The van der Waals surface area contributed by atoms with Crippen molar-refractivity contribution >= 4 is 49.4 Å². The Morgan fingerprint density at radius 1 is 0.468 bits per heavy atom. The maximum Gasteiger partial charge on any atom is 0.164 e. The summed E-state index contributed by atoms with van der Waals surface area (Å²) in [5.74, 6) is 1.96. The molecular formula is C41H27N5O. The largest absolute Gasteiger partial charge is 0.454 e. The number of hydrogen-bond acceptors (Lipinski definition) is 5. The minimum absolute atomic E-state index is 0.638. The highest BCUT2D eigenvalue weighted by atomic mass is 16.3. The molecule has 47 heavy (non-hydrogen) atoms. The van der Waals surface area contributed by atoms with Crippen molar-refractivity contribution in [1.82, 2.24) is 19.5 Å². The topological polar surface area (TPSA) is 59.8 Å². The number of anilines is 1. The summed E-state index contributed by atoms with van der Waals surface area (Å²) in [7, 11) is 0. The molecule has 6 nitrogen and oxygen atoms in total. The Labute approximate surface area is 270 Å². The summed E-state index contributed by atoms with van der Waals surface area (Å²) < 4.78 is 8.85. The zero-order valence-corrected chi connectivity index (χ0v) is 25.3. The standard InChI is InChI=1S/C41H27N5O/c1-2-9-26(10-3-1)39-42-40(44-41(43-39)28-11-8-12-30(25-28)45-23-24-45)27-17-19-29(20-18-27)46-35-15-6-4-13-31(35)33-21-22-34-32-14-5-7-16-36(32)47-38(34)37(33)46/h1-22,25H,23-24H2. The zero-order chi connectivity index (χ0) is 30.9. The Bertz CT molecular complexity index is 2630. The molecule has 0 atom stereocenters. The highest BCUT2D eigenvalue weighted by molar-refractivity contribution is 6.21. The zero-order valence-electron chi connectivity index (χ0n) is 25.3. The number of furan rings is 1. The van der Waals surface area contributed by atoms with Crippen molar-refractivity contribution in [3.63, 3.8) is 0 Å². The first-order valence-electron chi connectivity index (χ1n) is 15.9. The van der Waals surface area contributed by atoms with Gasteiger partial charge in [-0.15, -0.1) is 0 Å². The lowest BCUT2D eigenvalue weighted by Crippen LogP contribution is -2.01. The van der Waals surface area contributed by atoms with Crippen LogP contribution in [0.3, 0.4) is 0 Å². The van der Waals surface area contributed by atoms with Crippen molar-refractivity contribution in [3.8, 4) is 39.9 Å². The normalized spacial score (nSPS) is 12.9. The van der Waals surface area contributed by atoms with Gasteiger partial charge in [0.25, 0.3) is 0 Å². The number of aromatic nitrogens is 4. The molecular weight excluding hydrogens is 578 g/mol. The molecule has 3 aromatic heterocycles. The molecule has 0 bridgehead atoms. The van der Waals surface area contributed by atoms with E-state index in [-0.39, 0.29) is 0 Å². The third-order valence-electron chi connectivity index (χ3n) is 9.15. The molecule has 1 aliphatic rings. The third kappa shape index (κ3) is 4.22. The molecule has 6 aromatic carbocycles. The van der Waals surface area contributed by atoms with Gasteiger partial charge in [-0.25, -0.2) is 15.0 Å². The minimum atomic E-state index is 0.638. The second kappa shape index (κ2) is 10.1. The van der Waals surface area contributed by atoms with Gasteiger partial charge in [0.2, 0.25) is 0 Å². The lowest BCUT2D eigenvalue weighted by atomic mass is 10.1. The Kier molecular flexibility index (Phi) is 5.60. The highest BCUT2D eigenvalue weighted by Gasteiger charge is 2.21. The van der Waals surface area contributed by atoms with Gasteiger partial charge in [-0.2, -0.15) is 0 Å². The number of benzene rings is 6. The van der Waals surface area contributed by atoms with Crippen LogP contribution in [0.25, 0.3) is 83.6 Å². The third-order valence-corrected chi connectivity index (χ3v) is 9.15. The van der Waals surface area contributed by atoms with Crippen LogP contribution in [0.4, 0.5) is 5.69 Å². The van der Waals surface area contributed by atoms with Crippen LogP contribution in [-0.4, -0.2) is 32.6 Å². The summed E-state index contributed by atoms with van der Waals surface area (Å²) in [6.07, 6.45) is 0. The summed E-state index contributed by atoms with van der Waals surface area (Å²) >= 11 is 0. The second-order valence-electron chi connectivity index (χ2n) is 12.0. The van der Waals surface area contributed by atoms with Gasteiger partial charge in [0, 0.05) is 62.7 Å². The van der Waals surface area contributed by atoms with Gasteiger partial charge in [-0.1, -0.05) is 84.9 Å². The summed E-state index contributed by atoms with van der Waals surface area (Å²) in [5.41, 5.74) is 9.06. The number of nitrogens with zero attached hydrogens (tertiary/aromatic N) is 5. The van der Waals surface area contributed by atoms with E-state index in [1.807, 2.05) is 42.5 Å². The minimum Gasteiger partial charge on any atom is -0.454 e. The van der Waals surface area contributed by atoms with E-state index in [1.54, 1.807) is 0 Å². The maximum absolute atomic E-state index is 6.54. The Morgan fingerprint density at radius 3 is 1.89 bits per heavy atom. The van der Waals surface area contributed by atoms with E-state index in [4.69, 9.17) is 19.4 Å². The lowest BCUT2D eigenvalue weighted by Gasteiger charge is -2.11. The van der Waals surface area contributed by atoms with Crippen LogP contribution in [-0.2, 0) is 0 Å². The van der Waals surface area contributed by atoms with Crippen molar-refractivity contribution in [2.24, 2.45) is 0 Å². The van der Waals surface area contributed by atoms with Crippen molar-refractivity contribution in [2.45, 2.75) is 0 Å². The molecule has 1 aliphatic heterocycles. The number of para-hydroxylation sites is 2. The Hall–Kier alpha value is -6.27. The summed E-state index contributed by atoms with van der Waals surface area (Å²) in [6.45, 7) is 2.17. The van der Waals surface area contributed by atoms with Gasteiger partial charge < -0.3 is 13.9 Å². The molecule has 0 amide bonds. The molecule has 1 saturated heterocycles. The predicted octanol–water partition coefficient (Wildman–Crippen LogP) is 9.69. The van der Waals surface area contributed by atoms with Gasteiger partial charge in [0.1, 0.15) is 5.58 Å².